The summed E-state index contributed by atoms with van der Waals surface area (Å²) in [6.45, 7) is 0. The Morgan fingerprint density at radius 3 is 0.964 bits per heavy atom. The molecule has 0 bridgehead atoms. The van der Waals surface area contributed by atoms with E-state index in [1.54, 1.807) is 24.3 Å². The molecule has 2 N–H and O–H groups in total. The van der Waals surface area contributed by atoms with Gasteiger partial charge in [-0.05, 0) is 58.6 Å². The van der Waals surface area contributed by atoms with E-state index in [9.17, 15) is 17.6 Å². The number of phenolic OH excluding ortho intramolecular Hbond substituents is 2. The highest BCUT2D eigenvalue weighted by Gasteiger charge is 2.31. The Hall–Kier alpha value is -2.44. The highest BCUT2D eigenvalue weighted by atomic mass is 35.5. The second-order valence-corrected chi connectivity index (χ2v) is 6.62. The van der Waals surface area contributed by atoms with Crippen LogP contribution in [0.5, 0.6) is 11.5 Å². The Bertz CT molecular complexity index is 809. The zero-order chi connectivity index (χ0) is 20.9. The third-order valence-electron chi connectivity index (χ3n) is 3.61. The van der Waals surface area contributed by atoms with E-state index in [2.05, 4.69) is 23.2 Å². The predicted molar refractivity (Wildman–Crippen MR) is 101 cm³/mol. The van der Waals surface area contributed by atoms with Gasteiger partial charge in [0.25, 0.3) is 0 Å². The summed E-state index contributed by atoms with van der Waals surface area (Å²) in [4.78, 5) is 0. The van der Waals surface area contributed by atoms with Gasteiger partial charge in [0.1, 0.15) is 11.5 Å². The molecule has 0 saturated heterocycles. The van der Waals surface area contributed by atoms with Crippen LogP contribution < -0.4 is 0 Å². The molecule has 0 saturated carbocycles. The van der Waals surface area contributed by atoms with Gasteiger partial charge >= 0.3 is 10.8 Å². The maximum absolute atomic E-state index is 12.4. The van der Waals surface area contributed by atoms with Gasteiger partial charge in [0.15, 0.2) is 0 Å². The van der Waals surface area contributed by atoms with Crippen molar-refractivity contribution in [3.8, 4) is 22.6 Å². The number of aromatic hydroxyl groups is 2. The smallest absolute Gasteiger partial charge is 0.348 e. The van der Waals surface area contributed by atoms with Crippen LogP contribution in [0.15, 0.2) is 72.8 Å². The Labute approximate surface area is 168 Å². The maximum Gasteiger partial charge on any atom is 0.348 e. The molecule has 0 radical (unpaired) electrons. The van der Waals surface area contributed by atoms with Crippen molar-refractivity contribution in [1.82, 2.24) is 0 Å². The van der Waals surface area contributed by atoms with Crippen LogP contribution in [0.4, 0.5) is 17.6 Å². The first-order valence-corrected chi connectivity index (χ1v) is 8.55. The number of benzene rings is 3. The lowest BCUT2D eigenvalue weighted by atomic mass is 10.1. The summed E-state index contributed by atoms with van der Waals surface area (Å²) >= 11 is 9.34. The summed E-state index contributed by atoms with van der Waals surface area (Å²) in [6.07, 6.45) is 0. The first-order valence-electron chi connectivity index (χ1n) is 7.80. The van der Waals surface area contributed by atoms with Crippen molar-refractivity contribution < 1.29 is 27.8 Å². The maximum atomic E-state index is 12.4. The summed E-state index contributed by atoms with van der Waals surface area (Å²) in [6, 6.07) is 17.1. The summed E-state index contributed by atoms with van der Waals surface area (Å²) in [5.41, 5.74) is 0.929. The molecule has 0 amide bonds. The van der Waals surface area contributed by atoms with Crippen LogP contribution in [0, 0.1) is 0 Å². The van der Waals surface area contributed by atoms with Crippen molar-refractivity contribution in [2.24, 2.45) is 0 Å². The monoisotopic (exact) mass is 432 g/mol. The Morgan fingerprint density at radius 2 is 0.750 bits per heavy atom. The number of hydrogen-bond acceptors (Lipinski definition) is 2. The van der Waals surface area contributed by atoms with Crippen molar-refractivity contribution in [3.63, 3.8) is 0 Å². The van der Waals surface area contributed by atoms with E-state index in [-0.39, 0.29) is 11.5 Å². The minimum Gasteiger partial charge on any atom is -0.508 e. The number of rotatable bonds is 3. The lowest BCUT2D eigenvalue weighted by Gasteiger charge is -2.11. The average molecular weight is 433 g/mol. The van der Waals surface area contributed by atoms with Gasteiger partial charge in [-0.3, -0.25) is 0 Å². The molecule has 3 aromatic rings. The summed E-state index contributed by atoms with van der Waals surface area (Å²) in [7, 11) is 0. The normalized spacial score (nSPS) is 11.5. The number of phenols is 2. The summed E-state index contributed by atoms with van der Waals surface area (Å²) in [5.74, 6) is 0.514. The minimum absolute atomic E-state index is 0.257. The van der Waals surface area contributed by atoms with Crippen LogP contribution in [-0.4, -0.2) is 10.2 Å². The van der Waals surface area contributed by atoms with Crippen LogP contribution in [0.2, 0.25) is 0 Å². The van der Waals surface area contributed by atoms with Gasteiger partial charge in [-0.25, -0.2) is 0 Å². The molecule has 0 fully saturated rings. The molecule has 8 heteroatoms. The van der Waals surface area contributed by atoms with Crippen molar-refractivity contribution in [2.45, 2.75) is 10.8 Å². The van der Waals surface area contributed by atoms with Crippen molar-refractivity contribution in [2.75, 3.05) is 0 Å². The fourth-order valence-corrected chi connectivity index (χ4v) is 2.41. The molecule has 0 aliphatic carbocycles. The van der Waals surface area contributed by atoms with Crippen LogP contribution in [0.1, 0.15) is 11.1 Å². The molecule has 3 aromatic carbocycles. The van der Waals surface area contributed by atoms with Crippen molar-refractivity contribution >= 4 is 23.2 Å². The molecule has 3 rings (SSSR count). The van der Waals surface area contributed by atoms with Gasteiger partial charge < -0.3 is 10.2 Å². The zero-order valence-electron chi connectivity index (χ0n) is 14.1. The number of alkyl halides is 6. The van der Waals surface area contributed by atoms with Crippen LogP contribution in [0.3, 0.4) is 0 Å². The van der Waals surface area contributed by atoms with E-state index in [1.165, 1.54) is 0 Å². The van der Waals surface area contributed by atoms with E-state index >= 15 is 0 Å². The molecule has 148 valence electrons. The predicted octanol–water partition coefficient (Wildman–Crippen LogP) is 7.03. The molecular formula is C20H14Cl2F4O2. The van der Waals surface area contributed by atoms with Crippen molar-refractivity contribution in [3.05, 3.63) is 83.9 Å². The fraction of sp³-hybridized carbons (Fsp3) is 0.100. The van der Waals surface area contributed by atoms with E-state index in [0.29, 0.717) is 0 Å². The van der Waals surface area contributed by atoms with Gasteiger partial charge in [0, 0.05) is 11.1 Å². The molecule has 0 atom stereocenters. The summed E-state index contributed by atoms with van der Waals surface area (Å²) < 4.78 is 49.7. The van der Waals surface area contributed by atoms with E-state index in [1.807, 2.05) is 24.3 Å². The average Bonchev–Trinajstić information content (AvgIpc) is 2.62. The molecule has 0 heterocycles. The second-order valence-electron chi connectivity index (χ2n) is 5.67. The Morgan fingerprint density at radius 1 is 0.500 bits per heavy atom. The van der Waals surface area contributed by atoms with Gasteiger partial charge in [0.05, 0.1) is 0 Å². The number of hydrogen-bond donors (Lipinski definition) is 2. The molecule has 28 heavy (non-hydrogen) atoms. The van der Waals surface area contributed by atoms with E-state index in [0.717, 1.165) is 35.4 Å². The van der Waals surface area contributed by atoms with Crippen molar-refractivity contribution in [1.29, 1.82) is 0 Å². The molecule has 0 spiro atoms. The third-order valence-corrected chi connectivity index (χ3v) is 4.04. The molecule has 0 aliphatic heterocycles. The highest BCUT2D eigenvalue weighted by molar-refractivity contribution is 6.22. The molecule has 0 aliphatic rings. The zero-order valence-corrected chi connectivity index (χ0v) is 15.6. The Balaban J connectivity index is 0.000000200. The van der Waals surface area contributed by atoms with Crippen LogP contribution in [-0.2, 0) is 10.8 Å². The molecule has 0 aromatic heterocycles. The molecule has 0 unspecified atom stereocenters. The molecular weight excluding hydrogens is 419 g/mol. The lowest BCUT2D eigenvalue weighted by molar-refractivity contribution is 0.0906. The summed E-state index contributed by atoms with van der Waals surface area (Å²) in [5, 5.41) is 11.1. The molecule has 2 nitrogen and oxygen atoms in total. The SMILES string of the molecule is FC(F)(Cl)c1ccc(C(F)(F)Cl)cc1.Oc1ccc(-c2ccc(O)cc2)cc1. The van der Waals surface area contributed by atoms with E-state index < -0.39 is 21.9 Å². The highest BCUT2D eigenvalue weighted by Crippen LogP contribution is 2.36. The quantitative estimate of drug-likeness (QED) is 0.344. The van der Waals surface area contributed by atoms with Gasteiger partial charge in [0.2, 0.25) is 0 Å². The largest absolute Gasteiger partial charge is 0.508 e. The Kier molecular flexibility index (Phi) is 6.80. The standard InChI is InChI=1S/C12H10O2.C8H4Cl2F4/c13-11-5-1-9(2-6-11)10-3-7-12(14)8-4-10;9-7(11,12)5-1-2-6(4-3-5)8(10,13)14/h1-8,13-14H;1-4H. The minimum atomic E-state index is -3.56. The van der Waals surface area contributed by atoms with Gasteiger partial charge in [-0.2, -0.15) is 17.6 Å². The first kappa shape index (κ1) is 21.9. The second kappa shape index (κ2) is 8.71. The third kappa shape index (κ3) is 6.32. The van der Waals surface area contributed by atoms with Crippen LogP contribution in [0.25, 0.3) is 11.1 Å². The fourth-order valence-electron chi connectivity index (χ4n) is 2.16. The topological polar surface area (TPSA) is 40.5 Å². The van der Waals surface area contributed by atoms with Crippen LogP contribution >= 0.6 is 23.2 Å². The number of halogens is 6. The van der Waals surface area contributed by atoms with Gasteiger partial charge in [-0.1, -0.05) is 48.5 Å². The van der Waals surface area contributed by atoms with E-state index in [4.69, 9.17) is 10.2 Å². The lowest BCUT2D eigenvalue weighted by Crippen LogP contribution is -2.06. The van der Waals surface area contributed by atoms with Gasteiger partial charge in [-0.15, -0.1) is 0 Å². The first-order chi connectivity index (χ1) is 13.0.